The first-order valence-corrected chi connectivity index (χ1v) is 17.6. The summed E-state index contributed by atoms with van der Waals surface area (Å²) in [6.45, 7) is 5.16. The number of ether oxygens (including phenoxy) is 1. The average Bonchev–Trinajstić information content (AvgIpc) is 3.73. The van der Waals surface area contributed by atoms with Gasteiger partial charge in [0.2, 0.25) is 5.95 Å². The van der Waals surface area contributed by atoms with Crippen molar-refractivity contribution in [1.29, 1.82) is 0 Å². The van der Waals surface area contributed by atoms with Crippen LogP contribution in [-0.2, 0) is 11.2 Å². The number of piperidine rings is 1. The van der Waals surface area contributed by atoms with Crippen LogP contribution in [0.15, 0.2) is 36.7 Å². The molecule has 0 radical (unpaired) electrons. The van der Waals surface area contributed by atoms with Crippen LogP contribution in [-0.4, -0.2) is 75.4 Å². The number of unbranched alkanes of at least 4 members (excludes halogenated alkanes) is 2. The second-order valence-corrected chi connectivity index (χ2v) is 13.4. The predicted octanol–water partition coefficient (Wildman–Crippen LogP) is 6.32. The lowest BCUT2D eigenvalue weighted by molar-refractivity contribution is 0.121. The zero-order chi connectivity index (χ0) is 30.0. The Morgan fingerprint density at radius 2 is 1.52 bits per heavy atom. The smallest absolute Gasteiger partial charge is 0.227 e. The van der Waals surface area contributed by atoms with Crippen LogP contribution < -0.4 is 16.4 Å². The molecule has 3 fully saturated rings. The summed E-state index contributed by atoms with van der Waals surface area (Å²) in [6.07, 6.45) is 19.3. The van der Waals surface area contributed by atoms with E-state index >= 15 is 0 Å². The number of imidazole rings is 1. The number of nitrogens with one attached hydrogen (secondary N) is 2. The lowest BCUT2D eigenvalue weighted by atomic mass is 9.92. The molecule has 2 saturated carbocycles. The number of benzene rings is 1. The quantitative estimate of drug-likeness (QED) is 0.174. The highest BCUT2D eigenvalue weighted by Gasteiger charge is 2.26. The number of rotatable bonds is 15. The van der Waals surface area contributed by atoms with Gasteiger partial charge in [0.1, 0.15) is 0 Å². The van der Waals surface area contributed by atoms with Gasteiger partial charge in [0.25, 0.3) is 0 Å². The number of hydrogen-bond acceptors (Lipinski definition) is 8. The maximum absolute atomic E-state index is 6.18. The minimum atomic E-state index is 0.330. The summed E-state index contributed by atoms with van der Waals surface area (Å²) in [5, 5.41) is 7.47. The van der Waals surface area contributed by atoms with Gasteiger partial charge >= 0.3 is 0 Å². The number of likely N-dealkylation sites (tertiary alicyclic amines) is 1. The van der Waals surface area contributed by atoms with Gasteiger partial charge in [-0.1, -0.05) is 43.2 Å². The van der Waals surface area contributed by atoms with Crippen molar-refractivity contribution in [2.24, 2.45) is 5.73 Å². The molecule has 2 aliphatic carbocycles. The monoisotopic (exact) mass is 602 g/mol. The van der Waals surface area contributed by atoms with Gasteiger partial charge in [0.15, 0.2) is 17.0 Å². The molecule has 0 spiro atoms. The summed E-state index contributed by atoms with van der Waals surface area (Å²) in [5.74, 6) is 1.62. The average molecular weight is 603 g/mol. The Balaban J connectivity index is 0.940. The zero-order valence-corrected chi connectivity index (χ0v) is 26.6. The van der Waals surface area contributed by atoms with Gasteiger partial charge in [0.05, 0.1) is 6.33 Å². The third kappa shape index (κ3) is 8.70. The molecule has 0 unspecified atom stereocenters. The van der Waals surface area contributed by atoms with Crippen LogP contribution in [0.5, 0.6) is 0 Å². The standard InChI is InChI=1S/C35H54N8O/c36-28-15-17-29(18-16-28)38-33-32-34(43(26-37-32)31-13-4-5-14-31)41-35(40-33)39-30-19-22-42(23-20-30)21-7-9-25-44-24-8-6-12-27-10-2-1-3-11-27/h1-3,10-11,26,28-31H,4-9,12-25,36H2,(H2,38,39,40,41). The molecule has 3 aliphatic rings. The van der Waals surface area contributed by atoms with E-state index in [0.717, 1.165) is 114 Å². The highest BCUT2D eigenvalue weighted by molar-refractivity contribution is 5.84. The number of hydrogen-bond donors (Lipinski definition) is 3. The number of aromatic nitrogens is 4. The fraction of sp³-hybridized carbons (Fsp3) is 0.686. The molecule has 3 aromatic rings. The topological polar surface area (TPSA) is 106 Å². The van der Waals surface area contributed by atoms with Crippen molar-refractivity contribution >= 4 is 22.9 Å². The Morgan fingerprint density at radius 3 is 2.30 bits per heavy atom. The third-order valence-electron chi connectivity index (χ3n) is 10.0. The van der Waals surface area contributed by atoms with Gasteiger partial charge in [-0.3, -0.25) is 0 Å². The Kier molecular flexibility index (Phi) is 11.4. The SMILES string of the molecule is NC1CCC(Nc2nc(NC3CCN(CCCCOCCCCc4ccccc4)CC3)nc3c2ncn3C2CCCC2)CC1. The fourth-order valence-corrected chi connectivity index (χ4v) is 7.29. The molecule has 3 heterocycles. The molecule has 1 aromatic carbocycles. The van der Waals surface area contributed by atoms with Crippen molar-refractivity contribution in [3.05, 3.63) is 42.2 Å². The molecule has 4 N–H and O–H groups in total. The van der Waals surface area contributed by atoms with Crippen LogP contribution in [0, 0.1) is 0 Å². The van der Waals surface area contributed by atoms with Crippen molar-refractivity contribution < 1.29 is 4.74 Å². The summed E-state index contributed by atoms with van der Waals surface area (Å²) >= 11 is 0. The Morgan fingerprint density at radius 1 is 0.795 bits per heavy atom. The molecule has 6 rings (SSSR count). The molecular formula is C35H54N8O. The molecule has 0 atom stereocenters. The first kappa shape index (κ1) is 31.2. The normalized spacial score (nSPS) is 22.1. The highest BCUT2D eigenvalue weighted by atomic mass is 16.5. The van der Waals surface area contributed by atoms with E-state index < -0.39 is 0 Å². The van der Waals surface area contributed by atoms with Gasteiger partial charge < -0.3 is 30.6 Å². The van der Waals surface area contributed by atoms with Crippen LogP contribution in [0.1, 0.15) is 101 Å². The van der Waals surface area contributed by atoms with E-state index in [2.05, 4.69) is 50.4 Å². The molecule has 44 heavy (non-hydrogen) atoms. The van der Waals surface area contributed by atoms with Crippen molar-refractivity contribution in [2.45, 2.75) is 120 Å². The Hall–Kier alpha value is -2.75. The zero-order valence-electron chi connectivity index (χ0n) is 26.6. The van der Waals surface area contributed by atoms with E-state index in [1.807, 2.05) is 6.33 Å². The molecule has 0 amide bonds. The maximum Gasteiger partial charge on any atom is 0.227 e. The molecule has 0 bridgehead atoms. The third-order valence-corrected chi connectivity index (χ3v) is 10.0. The maximum atomic E-state index is 6.18. The molecule has 9 nitrogen and oxygen atoms in total. The van der Waals surface area contributed by atoms with Gasteiger partial charge in [-0.05, 0) is 95.6 Å². The predicted molar refractivity (Wildman–Crippen MR) is 179 cm³/mol. The van der Waals surface area contributed by atoms with Crippen molar-refractivity contribution in [1.82, 2.24) is 24.4 Å². The number of anilines is 2. The fourth-order valence-electron chi connectivity index (χ4n) is 7.29. The van der Waals surface area contributed by atoms with Crippen LogP contribution in [0.2, 0.25) is 0 Å². The lowest BCUT2D eigenvalue weighted by Gasteiger charge is -2.32. The first-order chi connectivity index (χ1) is 21.7. The summed E-state index contributed by atoms with van der Waals surface area (Å²) in [7, 11) is 0. The van der Waals surface area contributed by atoms with Gasteiger partial charge in [-0.25, -0.2) is 4.98 Å². The number of fused-ring (bicyclic) bond motifs is 1. The minimum absolute atomic E-state index is 0.330. The number of aryl methyl sites for hydroxylation is 1. The van der Waals surface area contributed by atoms with E-state index in [0.29, 0.717) is 24.2 Å². The van der Waals surface area contributed by atoms with E-state index in [4.69, 9.17) is 25.4 Å². The van der Waals surface area contributed by atoms with Gasteiger partial charge in [-0.2, -0.15) is 9.97 Å². The van der Waals surface area contributed by atoms with Gasteiger partial charge in [0, 0.05) is 50.5 Å². The molecule has 9 heteroatoms. The summed E-state index contributed by atoms with van der Waals surface area (Å²) in [5.41, 5.74) is 9.48. The highest BCUT2D eigenvalue weighted by Crippen LogP contribution is 2.34. The second kappa shape index (κ2) is 16.0. The van der Waals surface area contributed by atoms with E-state index in [-0.39, 0.29) is 0 Å². The molecule has 1 aliphatic heterocycles. The van der Waals surface area contributed by atoms with Crippen molar-refractivity contribution in [2.75, 3.05) is 43.5 Å². The minimum Gasteiger partial charge on any atom is -0.381 e. The Bertz CT molecular complexity index is 1260. The summed E-state index contributed by atoms with van der Waals surface area (Å²) < 4.78 is 8.23. The van der Waals surface area contributed by atoms with Crippen LogP contribution >= 0.6 is 0 Å². The van der Waals surface area contributed by atoms with E-state index in [1.165, 1.54) is 44.1 Å². The van der Waals surface area contributed by atoms with Crippen molar-refractivity contribution in [3.8, 4) is 0 Å². The summed E-state index contributed by atoms with van der Waals surface area (Å²) in [4.78, 5) is 17.5. The van der Waals surface area contributed by atoms with Crippen LogP contribution in [0.4, 0.5) is 11.8 Å². The van der Waals surface area contributed by atoms with Crippen LogP contribution in [0.3, 0.4) is 0 Å². The van der Waals surface area contributed by atoms with Crippen LogP contribution in [0.25, 0.3) is 11.2 Å². The molecule has 240 valence electrons. The lowest BCUT2D eigenvalue weighted by Crippen LogP contribution is -2.40. The van der Waals surface area contributed by atoms with Gasteiger partial charge in [-0.15, -0.1) is 0 Å². The number of nitrogens with two attached hydrogens (primary N) is 1. The first-order valence-electron chi connectivity index (χ1n) is 17.6. The molecular weight excluding hydrogens is 548 g/mol. The largest absolute Gasteiger partial charge is 0.381 e. The number of nitrogens with zero attached hydrogens (tertiary/aromatic N) is 5. The molecule has 1 saturated heterocycles. The molecule has 2 aromatic heterocycles. The van der Waals surface area contributed by atoms with E-state index in [9.17, 15) is 0 Å². The van der Waals surface area contributed by atoms with E-state index in [1.54, 1.807) is 0 Å². The second-order valence-electron chi connectivity index (χ2n) is 13.4. The van der Waals surface area contributed by atoms with Crippen molar-refractivity contribution in [3.63, 3.8) is 0 Å². The summed E-state index contributed by atoms with van der Waals surface area (Å²) in [6, 6.07) is 12.4. The Labute approximate surface area is 263 Å².